The van der Waals surface area contributed by atoms with Gasteiger partial charge in [0.25, 0.3) is 0 Å². The number of benzene rings is 2. The van der Waals surface area contributed by atoms with Gasteiger partial charge in [-0.2, -0.15) is 0 Å². The average Bonchev–Trinajstić information content (AvgIpc) is 2.41. The summed E-state index contributed by atoms with van der Waals surface area (Å²) in [6.45, 7) is 0.795. The van der Waals surface area contributed by atoms with Crippen molar-refractivity contribution >= 4 is 39.1 Å². The van der Waals surface area contributed by atoms with Crippen molar-refractivity contribution in [2.45, 2.75) is 6.54 Å². The molecule has 0 atom stereocenters. The van der Waals surface area contributed by atoms with Crippen molar-refractivity contribution in [1.82, 2.24) is 5.32 Å². The number of nitrogens with one attached hydrogen (secondary N) is 2. The maximum atomic E-state index is 11.8. The van der Waals surface area contributed by atoms with E-state index in [4.69, 9.17) is 11.6 Å². The quantitative estimate of drug-likeness (QED) is 0.857. The van der Waals surface area contributed by atoms with Crippen molar-refractivity contribution in [3.63, 3.8) is 0 Å². The maximum absolute atomic E-state index is 11.8. The fraction of sp³-hybridized carbons (Fsp3) is 0.133. The van der Waals surface area contributed by atoms with E-state index in [1.54, 1.807) is 0 Å². The number of amides is 1. The minimum Gasteiger partial charge on any atom is -0.325 e. The lowest BCUT2D eigenvalue weighted by Crippen LogP contribution is -2.27. The van der Waals surface area contributed by atoms with Gasteiger partial charge >= 0.3 is 0 Å². The highest BCUT2D eigenvalue weighted by molar-refractivity contribution is 9.10. The van der Waals surface area contributed by atoms with Crippen molar-refractivity contribution in [2.75, 3.05) is 11.9 Å². The lowest BCUT2D eigenvalue weighted by atomic mass is 10.2. The second kappa shape index (κ2) is 7.43. The van der Waals surface area contributed by atoms with Crippen LogP contribution in [-0.4, -0.2) is 12.5 Å². The molecule has 2 aromatic rings. The smallest absolute Gasteiger partial charge is 0.238 e. The van der Waals surface area contributed by atoms with Gasteiger partial charge in [0.2, 0.25) is 5.91 Å². The van der Waals surface area contributed by atoms with Gasteiger partial charge in [-0.3, -0.25) is 4.79 Å². The van der Waals surface area contributed by atoms with Crippen LogP contribution in [0.2, 0.25) is 5.02 Å². The maximum Gasteiger partial charge on any atom is 0.238 e. The molecule has 20 heavy (non-hydrogen) atoms. The van der Waals surface area contributed by atoms with Crippen molar-refractivity contribution in [3.05, 3.63) is 63.6 Å². The minimum absolute atomic E-state index is 0.0878. The molecule has 0 aliphatic rings. The Morgan fingerprint density at radius 1 is 1.15 bits per heavy atom. The molecular weight excluding hydrogens is 340 g/mol. The molecule has 0 unspecified atom stereocenters. The summed E-state index contributed by atoms with van der Waals surface area (Å²) in [7, 11) is 0. The van der Waals surface area contributed by atoms with E-state index in [0.717, 1.165) is 15.7 Å². The molecule has 104 valence electrons. The number of anilines is 1. The number of hydrogen-bond donors (Lipinski definition) is 2. The first kappa shape index (κ1) is 15.0. The molecule has 0 heterocycles. The molecule has 0 saturated heterocycles. The second-order valence-electron chi connectivity index (χ2n) is 4.25. The van der Waals surface area contributed by atoms with Crippen molar-refractivity contribution < 1.29 is 4.79 Å². The van der Waals surface area contributed by atoms with Crippen molar-refractivity contribution in [2.24, 2.45) is 0 Å². The van der Waals surface area contributed by atoms with Crippen LogP contribution in [-0.2, 0) is 11.3 Å². The van der Waals surface area contributed by atoms with E-state index in [1.165, 1.54) is 0 Å². The van der Waals surface area contributed by atoms with Gasteiger partial charge in [-0.1, -0.05) is 51.8 Å². The molecule has 5 heteroatoms. The van der Waals surface area contributed by atoms with Crippen LogP contribution >= 0.6 is 27.5 Å². The minimum atomic E-state index is -0.0878. The monoisotopic (exact) mass is 352 g/mol. The molecule has 2 rings (SSSR count). The van der Waals surface area contributed by atoms with Crippen LogP contribution in [0.25, 0.3) is 0 Å². The van der Waals surface area contributed by atoms with Gasteiger partial charge in [0.05, 0.1) is 6.54 Å². The SMILES string of the molecule is O=C(CNCc1ccccc1Cl)Nc1cccc(Br)c1. The predicted octanol–water partition coefficient (Wildman–Crippen LogP) is 3.83. The molecule has 0 radical (unpaired) electrons. The number of carbonyl (C=O) groups excluding carboxylic acids is 1. The topological polar surface area (TPSA) is 41.1 Å². The standard InChI is InChI=1S/C15H14BrClN2O/c16-12-5-3-6-13(8-12)19-15(20)10-18-9-11-4-1-2-7-14(11)17/h1-8,18H,9-10H2,(H,19,20). The van der Waals surface area contributed by atoms with Gasteiger partial charge in [-0.15, -0.1) is 0 Å². The largest absolute Gasteiger partial charge is 0.325 e. The Balaban J connectivity index is 1.80. The summed E-state index contributed by atoms with van der Waals surface area (Å²) >= 11 is 9.40. The van der Waals surface area contributed by atoms with Crippen LogP contribution in [0.1, 0.15) is 5.56 Å². The first-order chi connectivity index (χ1) is 9.65. The van der Waals surface area contributed by atoms with Gasteiger partial charge in [-0.05, 0) is 29.8 Å². The lowest BCUT2D eigenvalue weighted by Gasteiger charge is -2.08. The summed E-state index contributed by atoms with van der Waals surface area (Å²) in [4.78, 5) is 11.8. The van der Waals surface area contributed by atoms with E-state index >= 15 is 0 Å². The summed E-state index contributed by atoms with van der Waals surface area (Å²) in [5.41, 5.74) is 1.74. The van der Waals surface area contributed by atoms with Gasteiger partial charge < -0.3 is 10.6 Å². The van der Waals surface area contributed by atoms with Crippen LogP contribution in [0, 0.1) is 0 Å². The van der Waals surface area contributed by atoms with Crippen molar-refractivity contribution in [3.8, 4) is 0 Å². The Hall–Kier alpha value is -1.36. The zero-order chi connectivity index (χ0) is 14.4. The fourth-order valence-electron chi connectivity index (χ4n) is 1.72. The van der Waals surface area contributed by atoms with Crippen LogP contribution in [0.3, 0.4) is 0 Å². The van der Waals surface area contributed by atoms with Crippen LogP contribution in [0.5, 0.6) is 0 Å². The van der Waals surface area contributed by atoms with E-state index in [1.807, 2.05) is 48.5 Å². The Kier molecular flexibility index (Phi) is 5.59. The molecule has 0 saturated carbocycles. The summed E-state index contributed by atoms with van der Waals surface area (Å²) in [6.07, 6.45) is 0. The van der Waals surface area contributed by atoms with E-state index in [9.17, 15) is 4.79 Å². The van der Waals surface area contributed by atoms with Gasteiger partial charge in [0.1, 0.15) is 0 Å². The van der Waals surface area contributed by atoms with Gasteiger partial charge in [-0.25, -0.2) is 0 Å². The zero-order valence-corrected chi connectivity index (χ0v) is 13.0. The average molecular weight is 354 g/mol. The molecule has 0 bridgehead atoms. The third-order valence-corrected chi connectivity index (χ3v) is 3.53. The fourth-order valence-corrected chi connectivity index (χ4v) is 2.33. The third-order valence-electron chi connectivity index (χ3n) is 2.67. The molecule has 0 spiro atoms. The first-order valence-electron chi connectivity index (χ1n) is 6.15. The van der Waals surface area contributed by atoms with Crippen LogP contribution in [0.15, 0.2) is 53.0 Å². The summed E-state index contributed by atoms with van der Waals surface area (Å²) < 4.78 is 0.930. The number of rotatable bonds is 5. The second-order valence-corrected chi connectivity index (χ2v) is 5.58. The molecule has 0 aliphatic carbocycles. The van der Waals surface area contributed by atoms with Gasteiger partial charge in [0, 0.05) is 21.7 Å². The van der Waals surface area contributed by atoms with Crippen LogP contribution in [0.4, 0.5) is 5.69 Å². The molecule has 1 amide bonds. The highest BCUT2D eigenvalue weighted by atomic mass is 79.9. The summed E-state index contributed by atoms with van der Waals surface area (Å²) in [5, 5.41) is 6.59. The number of halogens is 2. The normalized spacial score (nSPS) is 10.3. The third kappa shape index (κ3) is 4.63. The van der Waals surface area contributed by atoms with Crippen LogP contribution < -0.4 is 10.6 Å². The Morgan fingerprint density at radius 2 is 1.95 bits per heavy atom. The highest BCUT2D eigenvalue weighted by Crippen LogP contribution is 2.16. The Labute approximate surface area is 131 Å². The van der Waals surface area contributed by atoms with E-state index in [2.05, 4.69) is 26.6 Å². The Bertz CT molecular complexity index is 604. The zero-order valence-electron chi connectivity index (χ0n) is 10.7. The van der Waals surface area contributed by atoms with Gasteiger partial charge in [0.15, 0.2) is 0 Å². The highest BCUT2D eigenvalue weighted by Gasteiger charge is 2.03. The molecular formula is C15H14BrClN2O. The number of carbonyl (C=O) groups is 1. The summed E-state index contributed by atoms with van der Waals surface area (Å²) in [5.74, 6) is -0.0878. The first-order valence-corrected chi connectivity index (χ1v) is 7.32. The molecule has 0 aromatic heterocycles. The molecule has 0 aliphatic heterocycles. The predicted molar refractivity (Wildman–Crippen MR) is 85.9 cm³/mol. The summed E-state index contributed by atoms with van der Waals surface area (Å²) in [6, 6.07) is 15.0. The van der Waals surface area contributed by atoms with Crippen molar-refractivity contribution in [1.29, 1.82) is 0 Å². The molecule has 0 fully saturated rings. The van der Waals surface area contributed by atoms with E-state index < -0.39 is 0 Å². The molecule has 3 nitrogen and oxygen atoms in total. The van der Waals surface area contributed by atoms with E-state index in [0.29, 0.717) is 11.6 Å². The number of hydrogen-bond acceptors (Lipinski definition) is 2. The van der Waals surface area contributed by atoms with E-state index in [-0.39, 0.29) is 12.5 Å². The lowest BCUT2D eigenvalue weighted by molar-refractivity contribution is -0.115. The molecule has 2 aromatic carbocycles. The molecule has 2 N–H and O–H groups in total. The Morgan fingerprint density at radius 3 is 2.70 bits per heavy atom.